The molecule has 0 spiro atoms. The molecule has 0 amide bonds. The van der Waals surface area contributed by atoms with E-state index in [1.54, 1.807) is 17.1 Å². The fourth-order valence-electron chi connectivity index (χ4n) is 11.3. The zero-order valence-electron chi connectivity index (χ0n) is 40.8. The van der Waals surface area contributed by atoms with E-state index in [1.807, 2.05) is 52.4 Å². The smallest absolute Gasteiger partial charge is 0.154 e. The lowest BCUT2D eigenvalue weighted by Gasteiger charge is -2.25. The van der Waals surface area contributed by atoms with Crippen LogP contribution in [0.1, 0.15) is 109 Å². The molecule has 22 heteroatoms. The normalized spacial score (nSPS) is 20.0. The number of fused-ring (bicyclic) bond motifs is 3. The van der Waals surface area contributed by atoms with Gasteiger partial charge in [0, 0.05) is 84.4 Å². The SMILES string of the molecule is CCC(C1CCC(=O)C1)n1cc(-c2ncnc3[nH]ccc23)c(N)n1.CCC(C1CCCC1O)n1cc(-c2ncnc3[nH]ccc23)c(N)n1.N#CCC(C1CCCC1=O)n1cc(-c2ncnc3[nH]ccc23)c(N)n1. The van der Waals surface area contributed by atoms with Gasteiger partial charge in [-0.25, -0.2) is 29.9 Å². The second-order valence-corrected chi connectivity index (χ2v) is 19.2. The molecule has 7 atom stereocenters. The molecule has 3 aliphatic carbocycles. The van der Waals surface area contributed by atoms with Gasteiger partial charge in [0.15, 0.2) is 17.5 Å². The lowest BCUT2D eigenvalue weighted by atomic mass is 9.94. The van der Waals surface area contributed by atoms with Gasteiger partial charge in [-0.05, 0) is 69.1 Å². The Morgan fingerprint density at radius 1 is 0.644 bits per heavy atom. The Hall–Kier alpha value is -8.32. The number of hydrogen-bond acceptors (Lipinski definition) is 16. The molecule has 9 heterocycles. The molecule has 9 aromatic rings. The molecule has 0 aromatic carbocycles. The molecule has 9 aromatic heterocycles. The number of aliphatic hydroxyl groups excluding tert-OH is 1. The van der Waals surface area contributed by atoms with Crippen LogP contribution in [-0.4, -0.2) is 97.0 Å². The molecule has 73 heavy (non-hydrogen) atoms. The van der Waals surface area contributed by atoms with Crippen molar-refractivity contribution in [2.24, 2.45) is 17.8 Å². The number of aromatic nitrogens is 15. The van der Waals surface area contributed by atoms with Gasteiger partial charge < -0.3 is 37.3 Å². The van der Waals surface area contributed by atoms with Crippen LogP contribution in [0, 0.1) is 29.1 Å². The van der Waals surface area contributed by atoms with Gasteiger partial charge in [0.25, 0.3) is 0 Å². The number of rotatable bonds is 12. The number of nitrogens with two attached hydrogens (primary N) is 3. The first-order chi connectivity index (χ1) is 35.5. The van der Waals surface area contributed by atoms with Crippen molar-refractivity contribution in [2.75, 3.05) is 17.2 Å². The summed E-state index contributed by atoms with van der Waals surface area (Å²) in [6.45, 7) is 4.25. The Morgan fingerprint density at radius 2 is 1.12 bits per heavy atom. The second kappa shape index (κ2) is 20.8. The molecule has 12 rings (SSSR count). The van der Waals surface area contributed by atoms with E-state index in [9.17, 15) is 20.0 Å². The van der Waals surface area contributed by atoms with Crippen LogP contribution >= 0.6 is 0 Å². The summed E-state index contributed by atoms with van der Waals surface area (Å²) in [5.41, 5.74) is 25.3. The summed E-state index contributed by atoms with van der Waals surface area (Å²) >= 11 is 0. The minimum absolute atomic E-state index is 0.155. The molecular weight excluding hydrogens is 927 g/mol. The highest BCUT2D eigenvalue weighted by molar-refractivity contribution is 5.95. The molecule has 0 radical (unpaired) electrons. The number of nitrogens with zero attached hydrogens (tertiary/aromatic N) is 13. The molecule has 3 fully saturated rings. The number of H-pyrrole nitrogens is 3. The lowest BCUT2D eigenvalue weighted by Crippen LogP contribution is -2.25. The maximum atomic E-state index is 12.2. The summed E-state index contributed by atoms with van der Waals surface area (Å²) in [5.74, 6) is 2.20. The Kier molecular flexibility index (Phi) is 13.8. The van der Waals surface area contributed by atoms with Crippen molar-refractivity contribution in [3.63, 3.8) is 0 Å². The summed E-state index contributed by atoms with van der Waals surface area (Å²) in [6.07, 6.45) is 25.0. The summed E-state index contributed by atoms with van der Waals surface area (Å²) in [6, 6.07) is 7.99. The highest BCUT2D eigenvalue weighted by Gasteiger charge is 2.36. The van der Waals surface area contributed by atoms with E-state index in [0.29, 0.717) is 59.7 Å². The average molecular weight is 986 g/mol. The van der Waals surface area contributed by atoms with Gasteiger partial charge in [0.05, 0.1) is 70.5 Å². The molecule has 0 bridgehead atoms. The van der Waals surface area contributed by atoms with E-state index in [4.69, 9.17) is 17.2 Å². The van der Waals surface area contributed by atoms with E-state index < -0.39 is 0 Å². The zero-order chi connectivity index (χ0) is 50.8. The molecule has 0 aliphatic heterocycles. The number of anilines is 3. The van der Waals surface area contributed by atoms with Gasteiger partial charge in [-0.2, -0.15) is 20.6 Å². The number of carbonyl (C=O) groups is 2. The summed E-state index contributed by atoms with van der Waals surface area (Å²) in [4.78, 5) is 58.8. The lowest BCUT2D eigenvalue weighted by molar-refractivity contribution is -0.122. The maximum Gasteiger partial charge on any atom is 0.154 e. The highest BCUT2D eigenvalue weighted by atomic mass is 16.3. The molecule has 3 aliphatic rings. The highest BCUT2D eigenvalue weighted by Crippen LogP contribution is 2.40. The quantitative estimate of drug-likeness (QED) is 0.0624. The van der Waals surface area contributed by atoms with Crippen LogP contribution in [0.15, 0.2) is 74.4 Å². The van der Waals surface area contributed by atoms with Crippen molar-refractivity contribution >= 4 is 62.1 Å². The second-order valence-electron chi connectivity index (χ2n) is 19.2. The number of nitriles is 1. The van der Waals surface area contributed by atoms with Crippen molar-refractivity contribution in [3.8, 4) is 39.8 Å². The minimum atomic E-state index is -0.292. The van der Waals surface area contributed by atoms with Crippen LogP contribution in [0.4, 0.5) is 17.5 Å². The van der Waals surface area contributed by atoms with Crippen LogP contribution in [0.25, 0.3) is 66.9 Å². The number of hydrogen-bond donors (Lipinski definition) is 7. The maximum absolute atomic E-state index is 12.2. The first-order valence-corrected chi connectivity index (χ1v) is 25.0. The van der Waals surface area contributed by atoms with Crippen LogP contribution in [0.2, 0.25) is 0 Å². The number of aliphatic hydroxyl groups is 1. The largest absolute Gasteiger partial charge is 0.393 e. The number of nitrogen functional groups attached to an aromatic ring is 3. The number of carbonyl (C=O) groups excluding carboxylic acids is 2. The van der Waals surface area contributed by atoms with Gasteiger partial charge in [-0.3, -0.25) is 23.6 Å². The Morgan fingerprint density at radius 3 is 1.52 bits per heavy atom. The van der Waals surface area contributed by atoms with Crippen LogP contribution in [-0.2, 0) is 9.59 Å². The minimum Gasteiger partial charge on any atom is -0.393 e. The Bertz CT molecular complexity index is 3440. The molecule has 376 valence electrons. The third-order valence-corrected chi connectivity index (χ3v) is 14.9. The molecule has 10 N–H and O–H groups in total. The van der Waals surface area contributed by atoms with Gasteiger partial charge in [-0.1, -0.05) is 20.3 Å². The van der Waals surface area contributed by atoms with E-state index in [0.717, 1.165) is 107 Å². The topological polar surface area (TPSA) is 334 Å². The molecule has 22 nitrogen and oxygen atoms in total. The van der Waals surface area contributed by atoms with E-state index >= 15 is 0 Å². The number of aromatic amines is 3. The number of Topliss-reactive ketones (excluding diaryl/α,β-unsaturated/α-hetero) is 2. The predicted octanol–water partition coefficient (Wildman–Crippen LogP) is 7.47. The summed E-state index contributed by atoms with van der Waals surface area (Å²) in [5, 5.41) is 35.6. The van der Waals surface area contributed by atoms with E-state index in [-0.39, 0.29) is 48.3 Å². The van der Waals surface area contributed by atoms with E-state index in [1.165, 1.54) is 19.0 Å². The van der Waals surface area contributed by atoms with Crippen molar-refractivity contribution < 1.29 is 14.7 Å². The summed E-state index contributed by atoms with van der Waals surface area (Å²) < 4.78 is 5.52. The van der Waals surface area contributed by atoms with Gasteiger partial charge in [-0.15, -0.1) is 0 Å². The van der Waals surface area contributed by atoms with E-state index in [2.05, 4.69) is 80.1 Å². The molecule has 3 saturated carbocycles. The van der Waals surface area contributed by atoms with Gasteiger partial charge in [0.2, 0.25) is 0 Å². The van der Waals surface area contributed by atoms with Gasteiger partial charge >= 0.3 is 0 Å². The van der Waals surface area contributed by atoms with Crippen molar-refractivity contribution in [1.82, 2.24) is 74.2 Å². The van der Waals surface area contributed by atoms with Crippen molar-refractivity contribution in [2.45, 2.75) is 115 Å². The molecular formula is C51H59N19O3. The van der Waals surface area contributed by atoms with Crippen LogP contribution < -0.4 is 17.2 Å². The number of nitrogens with one attached hydrogen (secondary N) is 3. The first kappa shape index (κ1) is 48.3. The van der Waals surface area contributed by atoms with Gasteiger partial charge in [0.1, 0.15) is 47.5 Å². The fraction of sp³-hybridized carbons (Fsp3) is 0.412. The third kappa shape index (κ3) is 9.50. The fourth-order valence-corrected chi connectivity index (χ4v) is 11.3. The Labute approximate surface area is 419 Å². The van der Waals surface area contributed by atoms with Crippen LogP contribution in [0.3, 0.4) is 0 Å². The molecule has 7 unspecified atom stereocenters. The molecule has 0 saturated heterocycles. The first-order valence-electron chi connectivity index (χ1n) is 25.0. The summed E-state index contributed by atoms with van der Waals surface area (Å²) in [7, 11) is 0. The average Bonchev–Trinajstić information content (AvgIpc) is 4.24. The number of ketones is 2. The van der Waals surface area contributed by atoms with Crippen molar-refractivity contribution in [3.05, 3.63) is 74.4 Å². The Balaban J connectivity index is 0.000000126. The van der Waals surface area contributed by atoms with Crippen molar-refractivity contribution in [1.29, 1.82) is 5.26 Å². The zero-order valence-corrected chi connectivity index (χ0v) is 40.8. The standard InChI is InChI=1S/C17H17N7O.C17H20N6O.C17H22N6O/c18-6-4-13(10-2-1-3-14(10)25)24-8-12(16(19)23-24)15-11-5-7-20-17(11)22-9-21-15;1-2-14(10-3-4-11(24)7-10)23-8-13(16(18)22-23)15-12-5-6-19-17(12)21-9-20-15;1-2-13(10-4-3-5-14(10)24)23-8-12(16(18)22-23)15-11-6-7-19-17(11)21-9-20-15/h5,7-10,13H,1-4H2,(H2,19,23)(H,20,21,22);5-6,8-10,14H,2-4,7H2,1H3,(H2,18,22)(H,19,20,21);6-10,13-14,24H,2-5H2,1H3,(H2,18,22)(H,19,20,21). The third-order valence-electron chi connectivity index (χ3n) is 14.9. The monoisotopic (exact) mass is 986 g/mol. The predicted molar refractivity (Wildman–Crippen MR) is 275 cm³/mol. The van der Waals surface area contributed by atoms with Crippen LogP contribution in [0.5, 0.6) is 0 Å².